The zero-order valence-corrected chi connectivity index (χ0v) is 30.5. The van der Waals surface area contributed by atoms with Crippen LogP contribution in [0.15, 0.2) is 0 Å². The number of carbonyl (C=O) groups is 1. The van der Waals surface area contributed by atoms with Crippen molar-refractivity contribution in [3.63, 3.8) is 0 Å². The Labute approximate surface area is 281 Å². The summed E-state index contributed by atoms with van der Waals surface area (Å²) in [6.45, 7) is 4.27. The number of carbonyl (C=O) groups excluding carboxylic acids is 1. The van der Waals surface area contributed by atoms with E-state index in [4.69, 9.17) is 0 Å². The molecular formula is C40H81NO4. The summed E-state index contributed by atoms with van der Waals surface area (Å²) in [7, 11) is 0. The molecule has 3 atom stereocenters. The Bertz CT molecular complexity index is 587. The molecule has 5 heteroatoms. The Hall–Kier alpha value is -0.650. The first kappa shape index (κ1) is 44.4. The summed E-state index contributed by atoms with van der Waals surface area (Å²) >= 11 is 0. The highest BCUT2D eigenvalue weighted by molar-refractivity contribution is 5.76. The first-order chi connectivity index (χ1) is 22.0. The molecule has 0 aromatic rings. The summed E-state index contributed by atoms with van der Waals surface area (Å²) in [5, 5.41) is 33.3. The molecule has 0 aliphatic heterocycles. The molecule has 0 aromatic heterocycles. The maximum Gasteiger partial charge on any atom is 0.222 e. The van der Waals surface area contributed by atoms with Crippen LogP contribution in [0.2, 0.25) is 0 Å². The number of nitrogens with one attached hydrogen (secondary N) is 1. The topological polar surface area (TPSA) is 89.8 Å². The van der Waals surface area contributed by atoms with Crippen LogP contribution in [0.4, 0.5) is 0 Å². The molecule has 45 heavy (non-hydrogen) atoms. The van der Waals surface area contributed by atoms with Crippen molar-refractivity contribution in [1.82, 2.24) is 5.32 Å². The van der Waals surface area contributed by atoms with Gasteiger partial charge in [0, 0.05) is 0 Å². The first-order valence-corrected chi connectivity index (χ1v) is 20.3. The number of hydrogen-bond acceptors (Lipinski definition) is 4. The number of rotatable bonds is 37. The molecule has 0 spiro atoms. The van der Waals surface area contributed by atoms with Crippen molar-refractivity contribution in [3.05, 3.63) is 0 Å². The van der Waals surface area contributed by atoms with Gasteiger partial charge >= 0.3 is 0 Å². The number of aliphatic hydroxyl groups is 3. The van der Waals surface area contributed by atoms with Crippen LogP contribution in [-0.4, -0.2) is 46.1 Å². The molecule has 0 bridgehead atoms. The van der Waals surface area contributed by atoms with Gasteiger partial charge in [0.05, 0.1) is 31.3 Å². The molecule has 270 valence electrons. The highest BCUT2D eigenvalue weighted by atomic mass is 16.3. The van der Waals surface area contributed by atoms with Gasteiger partial charge in [-0.2, -0.15) is 0 Å². The normalized spacial score (nSPS) is 13.6. The highest BCUT2D eigenvalue weighted by Gasteiger charge is 2.21. The van der Waals surface area contributed by atoms with Crippen LogP contribution < -0.4 is 5.32 Å². The van der Waals surface area contributed by atoms with Gasteiger partial charge < -0.3 is 20.6 Å². The van der Waals surface area contributed by atoms with Crippen molar-refractivity contribution in [2.75, 3.05) is 6.61 Å². The van der Waals surface area contributed by atoms with Crippen LogP contribution >= 0.6 is 0 Å². The largest absolute Gasteiger partial charge is 0.394 e. The van der Waals surface area contributed by atoms with E-state index in [0.717, 1.165) is 25.7 Å². The molecule has 0 fully saturated rings. The van der Waals surface area contributed by atoms with Gasteiger partial charge in [-0.3, -0.25) is 4.79 Å². The molecule has 0 saturated carbocycles. The average Bonchev–Trinajstić information content (AvgIpc) is 3.03. The molecule has 0 aliphatic carbocycles. The molecule has 0 radical (unpaired) electrons. The van der Waals surface area contributed by atoms with Gasteiger partial charge in [-0.05, 0) is 12.8 Å². The highest BCUT2D eigenvalue weighted by Crippen LogP contribution is 2.16. The predicted octanol–water partition coefficient (Wildman–Crippen LogP) is 11.1. The molecular weight excluding hydrogens is 558 g/mol. The first-order valence-electron chi connectivity index (χ1n) is 20.3. The lowest BCUT2D eigenvalue weighted by atomic mass is 10.0. The van der Waals surface area contributed by atoms with Gasteiger partial charge in [0.15, 0.2) is 0 Å². The molecule has 0 heterocycles. The van der Waals surface area contributed by atoms with Crippen molar-refractivity contribution in [2.24, 2.45) is 0 Å². The molecule has 5 nitrogen and oxygen atoms in total. The lowest BCUT2D eigenvalue weighted by Gasteiger charge is -2.23. The maximum atomic E-state index is 12.4. The number of unbranched alkanes of at least 4 members (excludes halogenated alkanes) is 28. The summed E-state index contributed by atoms with van der Waals surface area (Å²) < 4.78 is 0. The third-order valence-electron chi connectivity index (χ3n) is 9.67. The summed E-state index contributed by atoms with van der Waals surface area (Å²) in [6.07, 6.45) is 39.1. The zero-order chi connectivity index (χ0) is 33.1. The monoisotopic (exact) mass is 640 g/mol. The molecule has 0 rings (SSSR count). The Kier molecular flexibility index (Phi) is 35.7. The van der Waals surface area contributed by atoms with E-state index >= 15 is 0 Å². The van der Waals surface area contributed by atoms with Gasteiger partial charge in [-0.25, -0.2) is 0 Å². The third-order valence-corrected chi connectivity index (χ3v) is 9.67. The fourth-order valence-corrected chi connectivity index (χ4v) is 6.52. The van der Waals surface area contributed by atoms with E-state index in [1.807, 2.05) is 0 Å². The van der Waals surface area contributed by atoms with E-state index in [9.17, 15) is 20.1 Å². The SMILES string of the molecule is CCCCCCCCCCCCCCCCCCCC(O)CC(=O)N[C@@H](CO)[C@H](O)CCCCCCCCCCCCCCC. The van der Waals surface area contributed by atoms with E-state index in [0.29, 0.717) is 12.8 Å². The third kappa shape index (κ3) is 33.1. The summed E-state index contributed by atoms with van der Waals surface area (Å²) in [5.41, 5.74) is 0. The Morgan fingerprint density at radius 2 is 0.756 bits per heavy atom. The van der Waals surface area contributed by atoms with Crippen LogP contribution in [0.5, 0.6) is 0 Å². The van der Waals surface area contributed by atoms with Gasteiger partial charge in [0.2, 0.25) is 5.91 Å². The minimum Gasteiger partial charge on any atom is -0.394 e. The van der Waals surface area contributed by atoms with Crippen molar-refractivity contribution >= 4 is 5.91 Å². The smallest absolute Gasteiger partial charge is 0.222 e. The maximum absolute atomic E-state index is 12.4. The Balaban J connectivity index is 3.60. The van der Waals surface area contributed by atoms with E-state index in [1.54, 1.807) is 0 Å². The Morgan fingerprint density at radius 3 is 1.07 bits per heavy atom. The van der Waals surface area contributed by atoms with E-state index in [2.05, 4.69) is 19.2 Å². The molecule has 0 aromatic carbocycles. The van der Waals surface area contributed by atoms with Gasteiger partial charge in [0.1, 0.15) is 0 Å². The summed E-state index contributed by atoms with van der Waals surface area (Å²) in [6, 6.07) is -0.651. The second kappa shape index (κ2) is 36.2. The fourth-order valence-electron chi connectivity index (χ4n) is 6.52. The van der Waals surface area contributed by atoms with Crippen LogP contribution in [-0.2, 0) is 4.79 Å². The Morgan fingerprint density at radius 1 is 0.467 bits per heavy atom. The minimum atomic E-state index is -0.742. The summed E-state index contributed by atoms with van der Waals surface area (Å²) in [5.74, 6) is -0.280. The molecule has 0 aliphatic rings. The molecule has 0 saturated heterocycles. The zero-order valence-electron chi connectivity index (χ0n) is 30.5. The van der Waals surface area contributed by atoms with Gasteiger partial charge in [0.25, 0.3) is 0 Å². The quantitative estimate of drug-likeness (QED) is 0.0509. The molecule has 1 amide bonds. The standard InChI is InChI=1S/C40H81NO4/c1-3-5-7-9-11-13-15-17-18-19-20-22-23-25-27-29-31-33-37(43)35-40(45)41-38(36-42)39(44)34-32-30-28-26-24-21-16-14-12-10-8-6-4-2/h37-39,42-44H,3-36H2,1-2H3,(H,41,45)/t37?,38-,39+/m0/s1. The van der Waals surface area contributed by atoms with Crippen molar-refractivity contribution in [1.29, 1.82) is 0 Å². The van der Waals surface area contributed by atoms with E-state index in [1.165, 1.54) is 167 Å². The second-order valence-corrected chi connectivity index (χ2v) is 14.3. The average molecular weight is 640 g/mol. The minimum absolute atomic E-state index is 0.0425. The van der Waals surface area contributed by atoms with Crippen molar-refractivity contribution < 1.29 is 20.1 Å². The van der Waals surface area contributed by atoms with Crippen molar-refractivity contribution in [3.8, 4) is 0 Å². The second-order valence-electron chi connectivity index (χ2n) is 14.3. The van der Waals surface area contributed by atoms with Crippen LogP contribution in [0.1, 0.15) is 226 Å². The van der Waals surface area contributed by atoms with Gasteiger partial charge in [-0.1, -0.05) is 206 Å². The summed E-state index contributed by atoms with van der Waals surface area (Å²) in [4.78, 5) is 12.4. The lowest BCUT2D eigenvalue weighted by Crippen LogP contribution is -2.46. The van der Waals surface area contributed by atoms with Crippen LogP contribution in [0.25, 0.3) is 0 Å². The fraction of sp³-hybridized carbons (Fsp3) is 0.975. The van der Waals surface area contributed by atoms with E-state index in [-0.39, 0.29) is 18.9 Å². The van der Waals surface area contributed by atoms with E-state index < -0.39 is 18.2 Å². The lowest BCUT2D eigenvalue weighted by molar-refractivity contribution is -0.125. The van der Waals surface area contributed by atoms with Gasteiger partial charge in [-0.15, -0.1) is 0 Å². The molecule has 1 unspecified atom stereocenters. The van der Waals surface area contributed by atoms with Crippen LogP contribution in [0, 0.1) is 0 Å². The predicted molar refractivity (Wildman–Crippen MR) is 195 cm³/mol. The molecule has 4 N–H and O–H groups in total. The number of amides is 1. The van der Waals surface area contributed by atoms with Crippen LogP contribution in [0.3, 0.4) is 0 Å². The number of hydrogen-bond donors (Lipinski definition) is 4. The number of aliphatic hydroxyl groups excluding tert-OH is 3. The van der Waals surface area contributed by atoms with Crippen molar-refractivity contribution in [2.45, 2.75) is 244 Å².